The van der Waals surface area contributed by atoms with E-state index in [4.69, 9.17) is 9.47 Å². The molecule has 0 amide bonds. The SMILES string of the molecule is FC(F)(F)C(=NC1(C(F)(F)F)Oc2ccccc2O1)N1CCN(C(c2ccccc2)c2ccccc2)CC1. The zero-order valence-corrected chi connectivity index (χ0v) is 19.9. The molecule has 5 rings (SSSR count). The summed E-state index contributed by atoms with van der Waals surface area (Å²) in [6.07, 6.45) is -10.6. The van der Waals surface area contributed by atoms with E-state index in [1.54, 1.807) is 0 Å². The summed E-state index contributed by atoms with van der Waals surface area (Å²) in [5.74, 6) is -6.21. The average Bonchev–Trinajstić information content (AvgIpc) is 3.29. The van der Waals surface area contributed by atoms with E-state index in [-0.39, 0.29) is 43.7 Å². The molecule has 3 aromatic rings. The van der Waals surface area contributed by atoms with Crippen molar-refractivity contribution in [3.63, 3.8) is 0 Å². The number of alkyl halides is 6. The van der Waals surface area contributed by atoms with E-state index < -0.39 is 24.1 Å². The van der Waals surface area contributed by atoms with Gasteiger partial charge in [0.15, 0.2) is 11.5 Å². The minimum Gasteiger partial charge on any atom is -0.423 e. The fourth-order valence-corrected chi connectivity index (χ4v) is 4.69. The quantitative estimate of drug-likeness (QED) is 0.232. The molecule has 0 unspecified atom stereocenters. The van der Waals surface area contributed by atoms with Crippen LogP contribution in [-0.2, 0) is 0 Å². The van der Waals surface area contributed by atoms with Crippen molar-refractivity contribution >= 4 is 5.84 Å². The number of nitrogens with zero attached hydrogens (tertiary/aromatic N) is 3. The number of hydrogen-bond acceptors (Lipinski definition) is 4. The Bertz CT molecular complexity index is 1210. The summed E-state index contributed by atoms with van der Waals surface area (Å²) in [6.45, 7) is -0.0835. The van der Waals surface area contributed by atoms with Crippen LogP contribution >= 0.6 is 0 Å². The number of benzene rings is 3. The molecule has 5 nitrogen and oxygen atoms in total. The van der Waals surface area contributed by atoms with Crippen molar-refractivity contribution in [2.24, 2.45) is 4.99 Å². The standard InChI is InChI=1S/C27H23F6N3O2/c28-25(29,30)24(34-27(26(31,32)33)37-21-13-7-8-14-22(21)38-27)36-17-15-35(16-18-36)23(19-9-3-1-4-10-19)20-11-5-2-6-12-20/h1-14,23H,15-18H2. The Morgan fingerprint density at radius 2 is 1.13 bits per heavy atom. The molecule has 0 aromatic heterocycles. The zero-order chi connectivity index (χ0) is 27.0. The predicted octanol–water partition coefficient (Wildman–Crippen LogP) is 6.04. The minimum absolute atomic E-state index is 0.157. The Labute approximate surface area is 214 Å². The molecule has 11 heteroatoms. The molecule has 3 aromatic carbocycles. The monoisotopic (exact) mass is 535 g/mol. The maximum Gasteiger partial charge on any atom is 0.494 e. The van der Waals surface area contributed by atoms with Crippen LogP contribution in [0.5, 0.6) is 11.5 Å². The number of para-hydroxylation sites is 2. The van der Waals surface area contributed by atoms with Crippen molar-refractivity contribution in [2.75, 3.05) is 26.2 Å². The molecule has 2 heterocycles. The highest BCUT2D eigenvalue weighted by molar-refractivity contribution is 5.88. The lowest BCUT2D eigenvalue weighted by molar-refractivity contribution is -0.306. The van der Waals surface area contributed by atoms with E-state index in [9.17, 15) is 26.3 Å². The highest BCUT2D eigenvalue weighted by atomic mass is 19.4. The number of rotatable bonds is 4. The summed E-state index contributed by atoms with van der Waals surface area (Å²) < 4.78 is 94.5. The van der Waals surface area contributed by atoms with Crippen LogP contribution in [0.4, 0.5) is 26.3 Å². The molecule has 0 aliphatic carbocycles. The second-order valence-corrected chi connectivity index (χ2v) is 8.91. The topological polar surface area (TPSA) is 37.3 Å². The molecule has 2 aliphatic rings. The summed E-state index contributed by atoms with van der Waals surface area (Å²) in [5, 5.41) is 0. The lowest BCUT2D eigenvalue weighted by Crippen LogP contribution is -2.57. The van der Waals surface area contributed by atoms with Crippen molar-refractivity contribution in [2.45, 2.75) is 24.3 Å². The maximum absolute atomic E-state index is 14.2. The van der Waals surface area contributed by atoms with Gasteiger partial charge in [0.2, 0.25) is 5.84 Å². The van der Waals surface area contributed by atoms with Crippen molar-refractivity contribution < 1.29 is 35.8 Å². The summed E-state index contributed by atoms with van der Waals surface area (Å²) in [5.41, 5.74) is 1.91. The third-order valence-corrected chi connectivity index (χ3v) is 6.42. The number of amidine groups is 1. The van der Waals surface area contributed by atoms with E-state index in [1.807, 2.05) is 65.6 Å². The van der Waals surface area contributed by atoms with E-state index in [0.29, 0.717) is 0 Å². The summed E-state index contributed by atoms with van der Waals surface area (Å²) in [4.78, 5) is 5.92. The highest BCUT2D eigenvalue weighted by Crippen LogP contribution is 2.47. The lowest BCUT2D eigenvalue weighted by Gasteiger charge is -2.41. The molecule has 0 N–H and O–H groups in total. The maximum atomic E-state index is 14.2. The van der Waals surface area contributed by atoms with E-state index in [2.05, 4.69) is 4.99 Å². The highest BCUT2D eigenvalue weighted by Gasteiger charge is 2.66. The van der Waals surface area contributed by atoms with Crippen molar-refractivity contribution in [3.05, 3.63) is 96.1 Å². The third kappa shape index (κ3) is 5.02. The fourth-order valence-electron chi connectivity index (χ4n) is 4.69. The van der Waals surface area contributed by atoms with Crippen molar-refractivity contribution in [1.82, 2.24) is 9.80 Å². The molecule has 0 atom stereocenters. The zero-order valence-electron chi connectivity index (χ0n) is 19.9. The number of fused-ring (bicyclic) bond motifs is 1. The van der Waals surface area contributed by atoms with Gasteiger partial charge in [-0.25, -0.2) is 0 Å². The minimum atomic E-state index is -5.38. The smallest absolute Gasteiger partial charge is 0.423 e. The van der Waals surface area contributed by atoms with Crippen LogP contribution in [0.25, 0.3) is 0 Å². The predicted molar refractivity (Wildman–Crippen MR) is 128 cm³/mol. The van der Waals surface area contributed by atoms with Crippen LogP contribution in [0, 0.1) is 0 Å². The van der Waals surface area contributed by atoms with Crippen LogP contribution in [0.15, 0.2) is 89.9 Å². The Kier molecular flexibility index (Phi) is 6.72. The van der Waals surface area contributed by atoms with Gasteiger partial charge in [-0.1, -0.05) is 72.8 Å². The van der Waals surface area contributed by atoms with Gasteiger partial charge in [-0.3, -0.25) is 4.90 Å². The first-order chi connectivity index (χ1) is 18.1. The van der Waals surface area contributed by atoms with E-state index in [0.717, 1.165) is 16.0 Å². The van der Waals surface area contributed by atoms with Crippen molar-refractivity contribution in [3.8, 4) is 11.5 Å². The summed E-state index contributed by atoms with van der Waals surface area (Å²) in [6, 6.07) is 23.9. The van der Waals surface area contributed by atoms with E-state index in [1.165, 1.54) is 24.3 Å². The van der Waals surface area contributed by atoms with Crippen LogP contribution < -0.4 is 9.47 Å². The first-order valence-electron chi connectivity index (χ1n) is 11.9. The normalized spacial score (nSPS) is 18.2. The third-order valence-electron chi connectivity index (χ3n) is 6.42. The molecule has 200 valence electrons. The number of hydrogen-bond donors (Lipinski definition) is 0. The number of piperazine rings is 1. The fraction of sp³-hybridized carbons (Fsp3) is 0.296. The van der Waals surface area contributed by atoms with Crippen molar-refractivity contribution in [1.29, 1.82) is 0 Å². The molecular weight excluding hydrogens is 512 g/mol. The molecule has 0 radical (unpaired) electrons. The van der Waals surface area contributed by atoms with Gasteiger partial charge in [0.05, 0.1) is 6.04 Å². The lowest BCUT2D eigenvalue weighted by atomic mass is 9.96. The van der Waals surface area contributed by atoms with Gasteiger partial charge >= 0.3 is 18.3 Å². The molecule has 0 saturated carbocycles. The van der Waals surface area contributed by atoms with Gasteiger partial charge in [-0.15, -0.1) is 0 Å². The number of aliphatic imine (C=N–C) groups is 1. The number of halogens is 6. The summed E-state index contributed by atoms with van der Waals surface area (Å²) >= 11 is 0. The molecule has 1 saturated heterocycles. The Hall–Kier alpha value is -3.73. The van der Waals surface area contributed by atoms with Crippen LogP contribution in [0.1, 0.15) is 17.2 Å². The second-order valence-electron chi connectivity index (χ2n) is 8.91. The van der Waals surface area contributed by atoms with E-state index >= 15 is 0 Å². The molecule has 0 spiro atoms. The first kappa shape index (κ1) is 25.9. The van der Waals surface area contributed by atoms with Gasteiger partial charge in [-0.05, 0) is 23.3 Å². The molecule has 2 aliphatic heterocycles. The van der Waals surface area contributed by atoms with Gasteiger partial charge < -0.3 is 14.4 Å². The second kappa shape index (κ2) is 9.86. The largest absolute Gasteiger partial charge is 0.494 e. The number of ether oxygens (including phenoxy) is 2. The molecule has 1 fully saturated rings. The first-order valence-corrected chi connectivity index (χ1v) is 11.9. The van der Waals surface area contributed by atoms with Gasteiger partial charge in [0, 0.05) is 26.2 Å². The Morgan fingerprint density at radius 3 is 1.55 bits per heavy atom. The van der Waals surface area contributed by atoms with Crippen LogP contribution in [0.2, 0.25) is 0 Å². The molecular formula is C27H23F6N3O2. The van der Waals surface area contributed by atoms with Gasteiger partial charge in [-0.2, -0.15) is 31.3 Å². The van der Waals surface area contributed by atoms with Gasteiger partial charge in [0.1, 0.15) is 0 Å². The average molecular weight is 535 g/mol. The summed E-state index contributed by atoms with van der Waals surface area (Å²) in [7, 11) is 0. The van der Waals surface area contributed by atoms with Crippen LogP contribution in [0.3, 0.4) is 0 Å². The van der Waals surface area contributed by atoms with Crippen LogP contribution in [-0.4, -0.2) is 60.1 Å². The molecule has 0 bridgehead atoms. The Morgan fingerprint density at radius 1 is 0.684 bits per heavy atom. The Balaban J connectivity index is 1.43. The van der Waals surface area contributed by atoms with Gasteiger partial charge in [0.25, 0.3) is 0 Å². The molecule has 38 heavy (non-hydrogen) atoms.